The first-order chi connectivity index (χ1) is 12.7. The van der Waals surface area contributed by atoms with Crippen LogP contribution in [-0.2, 0) is 16.4 Å². The molecule has 0 spiro atoms. The summed E-state index contributed by atoms with van der Waals surface area (Å²) in [6, 6.07) is 6.68. The Labute approximate surface area is 165 Å². The average Bonchev–Trinajstić information content (AvgIpc) is 3.10. The summed E-state index contributed by atoms with van der Waals surface area (Å²) in [5.41, 5.74) is 5.32. The molecule has 3 N–H and O–H groups in total. The molecule has 1 aromatic carbocycles. The van der Waals surface area contributed by atoms with Crippen molar-refractivity contribution in [3.8, 4) is 5.75 Å². The number of nitrogens with one attached hydrogen (secondary N) is 1. The zero-order chi connectivity index (χ0) is 20.2. The fourth-order valence-electron chi connectivity index (χ4n) is 2.14. The summed E-state index contributed by atoms with van der Waals surface area (Å²) in [4.78, 5) is 24.1. The van der Waals surface area contributed by atoms with E-state index < -0.39 is 16.1 Å². The molecule has 0 fully saturated rings. The first kappa shape index (κ1) is 21.0. The van der Waals surface area contributed by atoms with E-state index in [4.69, 9.17) is 22.1 Å². The molecule has 2 aromatic rings. The molecule has 0 saturated heterocycles. The molecular formula is C16H18ClN3O5S2. The second kappa shape index (κ2) is 8.59. The van der Waals surface area contributed by atoms with Gasteiger partial charge in [-0.1, -0.05) is 11.6 Å². The van der Waals surface area contributed by atoms with Crippen LogP contribution in [0.25, 0.3) is 0 Å². The van der Waals surface area contributed by atoms with Gasteiger partial charge in [0.1, 0.15) is 9.96 Å². The van der Waals surface area contributed by atoms with Crippen molar-refractivity contribution in [2.24, 2.45) is 5.73 Å². The van der Waals surface area contributed by atoms with Crippen LogP contribution >= 0.6 is 22.9 Å². The Balaban J connectivity index is 2.01. The van der Waals surface area contributed by atoms with Crippen molar-refractivity contribution >= 4 is 44.9 Å². The number of ether oxygens (including phenoxy) is 1. The minimum Gasteiger partial charge on any atom is -0.496 e. The number of hydrogen-bond donors (Lipinski definition) is 2. The van der Waals surface area contributed by atoms with Gasteiger partial charge in [-0.25, -0.2) is 17.5 Å². The van der Waals surface area contributed by atoms with Crippen LogP contribution < -0.4 is 15.8 Å². The number of rotatable bonds is 7. The zero-order valence-electron chi connectivity index (χ0n) is 14.6. The molecule has 3 amide bonds. The lowest BCUT2D eigenvalue weighted by molar-refractivity contribution is 0.0951. The highest BCUT2D eigenvalue weighted by Gasteiger charge is 2.25. The molecular weight excluding hydrogens is 414 g/mol. The fourth-order valence-corrected chi connectivity index (χ4v) is 4.87. The standard InChI is InChI=1S/C16H18ClN3O5S2/c1-20(16(18)22)27(23,24)14-6-4-11(26-14)7-8-19-15(21)12-9-10(17)3-5-13(12)25-2/h3-6,9H,7-8H2,1-2H3,(H2,18,22)(H,19,21). The quantitative estimate of drug-likeness (QED) is 0.695. The van der Waals surface area contributed by atoms with Gasteiger partial charge in [0, 0.05) is 23.5 Å². The van der Waals surface area contributed by atoms with Crippen LogP contribution in [0.15, 0.2) is 34.5 Å². The molecule has 0 aliphatic rings. The number of methoxy groups -OCH3 is 1. The molecule has 0 atom stereocenters. The molecule has 0 radical (unpaired) electrons. The predicted molar refractivity (Wildman–Crippen MR) is 103 cm³/mol. The number of carbonyl (C=O) groups is 2. The number of carbonyl (C=O) groups excluding carboxylic acids is 2. The lowest BCUT2D eigenvalue weighted by Crippen LogP contribution is -2.36. The van der Waals surface area contributed by atoms with Gasteiger partial charge in [0.15, 0.2) is 0 Å². The molecule has 0 bridgehead atoms. The summed E-state index contributed by atoms with van der Waals surface area (Å²) in [5.74, 6) is 0.0445. The van der Waals surface area contributed by atoms with E-state index in [9.17, 15) is 18.0 Å². The van der Waals surface area contributed by atoms with Gasteiger partial charge in [-0.05, 0) is 36.8 Å². The van der Waals surface area contributed by atoms with Gasteiger partial charge in [-0.2, -0.15) is 0 Å². The highest BCUT2D eigenvalue weighted by Crippen LogP contribution is 2.25. The second-order valence-electron chi connectivity index (χ2n) is 5.38. The van der Waals surface area contributed by atoms with Crippen molar-refractivity contribution in [1.82, 2.24) is 9.62 Å². The van der Waals surface area contributed by atoms with Gasteiger partial charge >= 0.3 is 6.03 Å². The summed E-state index contributed by atoms with van der Waals surface area (Å²) in [5, 5.41) is 3.14. The van der Waals surface area contributed by atoms with Crippen LogP contribution in [0.4, 0.5) is 4.79 Å². The Morgan fingerprint density at radius 1 is 1.30 bits per heavy atom. The number of primary amides is 1. The maximum Gasteiger partial charge on any atom is 0.328 e. The van der Waals surface area contributed by atoms with Crippen molar-refractivity contribution in [1.29, 1.82) is 0 Å². The molecule has 1 aromatic heterocycles. The second-order valence-corrected chi connectivity index (χ2v) is 9.18. The van der Waals surface area contributed by atoms with Gasteiger partial charge in [-0.15, -0.1) is 11.3 Å². The van der Waals surface area contributed by atoms with E-state index in [1.54, 1.807) is 18.2 Å². The summed E-state index contributed by atoms with van der Waals surface area (Å²) < 4.78 is 30.0. The Morgan fingerprint density at radius 2 is 2.00 bits per heavy atom. The van der Waals surface area contributed by atoms with Crippen LogP contribution in [0.1, 0.15) is 15.2 Å². The van der Waals surface area contributed by atoms with Crippen LogP contribution in [0.2, 0.25) is 5.02 Å². The van der Waals surface area contributed by atoms with Crippen molar-refractivity contribution in [2.45, 2.75) is 10.6 Å². The summed E-state index contributed by atoms with van der Waals surface area (Å²) in [6.07, 6.45) is 0.412. The normalized spacial score (nSPS) is 11.1. The number of amides is 3. The molecule has 11 heteroatoms. The predicted octanol–water partition coefficient (Wildman–Crippen LogP) is 2.08. The van der Waals surface area contributed by atoms with E-state index in [2.05, 4.69) is 5.32 Å². The van der Waals surface area contributed by atoms with E-state index in [-0.39, 0.29) is 16.7 Å². The SMILES string of the molecule is COc1ccc(Cl)cc1C(=O)NCCc1ccc(S(=O)(=O)N(C)C(N)=O)s1. The third kappa shape index (κ3) is 4.90. The number of nitrogens with zero attached hydrogens (tertiary/aromatic N) is 1. The average molecular weight is 432 g/mol. The molecule has 0 aliphatic carbocycles. The molecule has 1 heterocycles. The van der Waals surface area contributed by atoms with Gasteiger partial charge in [0.25, 0.3) is 15.9 Å². The first-order valence-corrected chi connectivity index (χ1v) is 10.3. The smallest absolute Gasteiger partial charge is 0.328 e. The van der Waals surface area contributed by atoms with E-state index in [0.29, 0.717) is 27.1 Å². The van der Waals surface area contributed by atoms with Crippen LogP contribution in [0, 0.1) is 0 Å². The summed E-state index contributed by atoms with van der Waals surface area (Å²) in [7, 11) is -1.41. The van der Waals surface area contributed by atoms with Crippen molar-refractivity contribution < 1.29 is 22.7 Å². The molecule has 146 valence electrons. The van der Waals surface area contributed by atoms with Gasteiger partial charge in [0.2, 0.25) is 0 Å². The molecule has 0 saturated carbocycles. The highest BCUT2D eigenvalue weighted by atomic mass is 35.5. The number of benzene rings is 1. The van der Waals surface area contributed by atoms with Crippen LogP contribution in [-0.4, -0.2) is 45.4 Å². The van der Waals surface area contributed by atoms with E-state index in [0.717, 1.165) is 23.3 Å². The van der Waals surface area contributed by atoms with Crippen molar-refractivity contribution in [3.05, 3.63) is 45.8 Å². The van der Waals surface area contributed by atoms with Crippen LogP contribution in [0.5, 0.6) is 5.75 Å². The Bertz CT molecular complexity index is 959. The number of urea groups is 1. The summed E-state index contributed by atoms with van der Waals surface area (Å²) in [6.45, 7) is 0.278. The topological polar surface area (TPSA) is 119 Å². The maximum absolute atomic E-state index is 12.3. The first-order valence-electron chi connectivity index (χ1n) is 7.65. The Kier molecular flexibility index (Phi) is 6.68. The van der Waals surface area contributed by atoms with Crippen molar-refractivity contribution in [2.75, 3.05) is 20.7 Å². The molecule has 0 aliphatic heterocycles. The number of hydrogen-bond acceptors (Lipinski definition) is 6. The monoisotopic (exact) mass is 431 g/mol. The van der Waals surface area contributed by atoms with E-state index >= 15 is 0 Å². The molecule has 0 unspecified atom stereocenters. The van der Waals surface area contributed by atoms with Crippen molar-refractivity contribution in [3.63, 3.8) is 0 Å². The summed E-state index contributed by atoms with van der Waals surface area (Å²) >= 11 is 6.92. The lowest BCUT2D eigenvalue weighted by Gasteiger charge is -2.12. The number of sulfonamides is 1. The molecule has 2 rings (SSSR count). The third-order valence-electron chi connectivity index (χ3n) is 3.63. The van der Waals surface area contributed by atoms with Gasteiger partial charge in [-0.3, -0.25) is 4.79 Å². The minimum atomic E-state index is -3.96. The Hall–Kier alpha value is -2.30. The zero-order valence-corrected chi connectivity index (χ0v) is 17.0. The number of nitrogens with two attached hydrogens (primary N) is 1. The van der Waals surface area contributed by atoms with Crippen LogP contribution in [0.3, 0.4) is 0 Å². The fraction of sp³-hybridized carbons (Fsp3) is 0.250. The van der Waals surface area contributed by atoms with Gasteiger partial charge in [0.05, 0.1) is 12.7 Å². The van der Waals surface area contributed by atoms with E-state index in [1.165, 1.54) is 19.2 Å². The highest BCUT2D eigenvalue weighted by molar-refractivity contribution is 7.91. The largest absolute Gasteiger partial charge is 0.496 e. The third-order valence-corrected chi connectivity index (χ3v) is 7.23. The number of halogens is 1. The van der Waals surface area contributed by atoms with Gasteiger partial charge < -0.3 is 15.8 Å². The minimum absolute atomic E-state index is 0.00152. The molecule has 27 heavy (non-hydrogen) atoms. The number of thiophene rings is 1. The molecule has 8 nitrogen and oxygen atoms in total. The van der Waals surface area contributed by atoms with E-state index in [1.807, 2.05) is 0 Å². The maximum atomic E-state index is 12.3. The Morgan fingerprint density at radius 3 is 2.63 bits per heavy atom. The lowest BCUT2D eigenvalue weighted by atomic mass is 10.2.